The van der Waals surface area contributed by atoms with Crippen LogP contribution in [0.4, 0.5) is 0 Å². The van der Waals surface area contributed by atoms with E-state index < -0.39 is 17.5 Å². The predicted octanol–water partition coefficient (Wildman–Crippen LogP) is 3.33. The van der Waals surface area contributed by atoms with E-state index in [1.807, 2.05) is 24.3 Å². The molecule has 2 aliphatic rings. The van der Waals surface area contributed by atoms with E-state index in [1.54, 1.807) is 13.1 Å². The van der Waals surface area contributed by atoms with E-state index in [4.69, 9.17) is 9.26 Å². The van der Waals surface area contributed by atoms with Gasteiger partial charge in [0.05, 0.1) is 12.0 Å². The van der Waals surface area contributed by atoms with Crippen LogP contribution < -0.4 is 5.32 Å². The zero-order chi connectivity index (χ0) is 24.6. The minimum absolute atomic E-state index is 0.134. The lowest BCUT2D eigenvalue weighted by Gasteiger charge is -2.16. The quantitative estimate of drug-likeness (QED) is 0.478. The second kappa shape index (κ2) is 9.52. The van der Waals surface area contributed by atoms with E-state index in [9.17, 15) is 14.7 Å². The number of esters is 1. The molecule has 1 amide bonds. The van der Waals surface area contributed by atoms with Gasteiger partial charge in [-0.3, -0.25) is 4.79 Å². The summed E-state index contributed by atoms with van der Waals surface area (Å²) in [6, 6.07) is 9.64. The Bertz CT molecular complexity index is 1250. The van der Waals surface area contributed by atoms with Gasteiger partial charge in [-0.1, -0.05) is 36.2 Å². The lowest BCUT2D eigenvalue weighted by molar-refractivity contribution is -0.144. The third kappa shape index (κ3) is 4.49. The molecule has 0 bridgehead atoms. The highest BCUT2D eigenvalue weighted by molar-refractivity contribution is 7.15. The molecule has 1 atom stereocenters. The molecule has 2 N–H and O–H groups in total. The lowest BCUT2D eigenvalue weighted by Crippen LogP contribution is -2.35. The largest absolute Gasteiger partial charge is 0.464 e. The molecule has 5 rings (SSSR count). The van der Waals surface area contributed by atoms with Gasteiger partial charge in [0.1, 0.15) is 10.7 Å². The fourth-order valence-corrected chi connectivity index (χ4v) is 5.71. The molecule has 1 unspecified atom stereocenters. The van der Waals surface area contributed by atoms with Gasteiger partial charge in [0.15, 0.2) is 11.5 Å². The van der Waals surface area contributed by atoms with Gasteiger partial charge in [-0.2, -0.15) is 0 Å². The summed E-state index contributed by atoms with van der Waals surface area (Å²) in [5.41, 5.74) is 0.720. The first-order valence-electron chi connectivity index (χ1n) is 11.8. The normalized spacial score (nSPS) is 20.7. The number of methoxy groups -OCH3 is 1. The zero-order valence-corrected chi connectivity index (χ0v) is 20.6. The Morgan fingerprint density at radius 1 is 1.31 bits per heavy atom. The van der Waals surface area contributed by atoms with Crippen LogP contribution >= 0.6 is 11.3 Å². The van der Waals surface area contributed by atoms with Crippen LogP contribution in [-0.4, -0.2) is 58.8 Å². The van der Waals surface area contributed by atoms with Crippen molar-refractivity contribution in [1.82, 2.24) is 20.4 Å². The number of carbonyl (C=O) groups is 2. The Hall–Kier alpha value is -3.08. The summed E-state index contributed by atoms with van der Waals surface area (Å²) in [5.74, 6) is -0.715. The van der Waals surface area contributed by atoms with Gasteiger partial charge in [-0.05, 0) is 18.9 Å². The van der Waals surface area contributed by atoms with Crippen LogP contribution in [-0.2, 0) is 21.7 Å². The minimum Gasteiger partial charge on any atom is -0.464 e. The van der Waals surface area contributed by atoms with Gasteiger partial charge in [0, 0.05) is 49.8 Å². The van der Waals surface area contributed by atoms with E-state index in [-0.39, 0.29) is 12.2 Å². The van der Waals surface area contributed by atoms with Crippen LogP contribution in [0.2, 0.25) is 0 Å². The lowest BCUT2D eigenvalue weighted by atomic mass is 9.98. The number of hydrogen-bond acceptors (Lipinski definition) is 9. The number of ether oxygens (including phenoxy) is 1. The Morgan fingerprint density at radius 2 is 2.09 bits per heavy atom. The summed E-state index contributed by atoms with van der Waals surface area (Å²) >= 11 is 1.46. The predicted molar refractivity (Wildman–Crippen MR) is 130 cm³/mol. The molecule has 0 radical (unpaired) electrons. The van der Waals surface area contributed by atoms with Gasteiger partial charge in [0.2, 0.25) is 5.60 Å². The van der Waals surface area contributed by atoms with Crippen LogP contribution in [0.15, 0.2) is 34.9 Å². The number of likely N-dealkylation sites (tertiary alicyclic amines) is 1. The fraction of sp³-hybridized carbons (Fsp3) is 0.440. The van der Waals surface area contributed by atoms with E-state index in [2.05, 4.69) is 15.5 Å². The first-order valence-corrected chi connectivity index (χ1v) is 12.6. The fourth-order valence-electron chi connectivity index (χ4n) is 4.72. The monoisotopic (exact) mass is 496 g/mol. The van der Waals surface area contributed by atoms with Crippen molar-refractivity contribution < 1.29 is 24.0 Å². The number of carbonyl (C=O) groups excluding carboxylic acids is 2. The molecule has 3 aromatic rings. The van der Waals surface area contributed by atoms with Crippen LogP contribution in [0.5, 0.6) is 0 Å². The summed E-state index contributed by atoms with van der Waals surface area (Å²) < 4.78 is 10.4. The molecule has 1 aliphatic heterocycles. The Labute approximate surface area is 207 Å². The number of aromatic nitrogens is 2. The maximum atomic E-state index is 12.4. The number of amides is 1. The number of benzene rings is 1. The highest BCUT2D eigenvalue weighted by atomic mass is 32.1. The number of aliphatic hydroxyl groups is 1. The maximum Gasteiger partial charge on any atom is 0.357 e. The Kier molecular flexibility index (Phi) is 6.43. The van der Waals surface area contributed by atoms with Crippen LogP contribution in [0.3, 0.4) is 0 Å². The van der Waals surface area contributed by atoms with Gasteiger partial charge >= 0.3 is 5.97 Å². The molecule has 2 fully saturated rings. The molecule has 0 spiro atoms. The topological polar surface area (TPSA) is 118 Å². The van der Waals surface area contributed by atoms with Crippen molar-refractivity contribution >= 4 is 23.2 Å². The third-order valence-corrected chi connectivity index (χ3v) is 7.92. The SMILES string of the molecule is COC(=O)c1nc(-c2cccc(-c3cc(C4(O)CCN(C)C4=O)on3)c2)sc1CNC1CCCC1. The second-order valence-corrected chi connectivity index (χ2v) is 10.2. The molecule has 9 nitrogen and oxygen atoms in total. The van der Waals surface area contributed by atoms with Crippen molar-refractivity contribution in [3.05, 3.63) is 46.7 Å². The number of thiazole rings is 1. The summed E-state index contributed by atoms with van der Waals surface area (Å²) in [4.78, 5) is 31.7. The maximum absolute atomic E-state index is 12.4. The molecule has 35 heavy (non-hydrogen) atoms. The standard InChI is InChI=1S/C25H28N4O5S/c1-29-11-10-25(32,24(29)31)20-13-18(28-34-20)15-6-5-7-16(12-15)22-27-21(23(30)33-2)19(35-22)14-26-17-8-3-4-9-17/h5-7,12-13,17,26,32H,3-4,8-11,14H2,1-2H3. The van der Waals surface area contributed by atoms with Gasteiger partial charge in [-0.15, -0.1) is 11.3 Å². The highest BCUT2D eigenvalue weighted by Crippen LogP contribution is 2.36. The van der Waals surface area contributed by atoms with E-state index >= 15 is 0 Å². The number of rotatable bonds is 7. The van der Waals surface area contributed by atoms with E-state index in [0.717, 1.165) is 28.8 Å². The smallest absolute Gasteiger partial charge is 0.357 e. The molecule has 1 saturated carbocycles. The van der Waals surface area contributed by atoms with Crippen molar-refractivity contribution in [1.29, 1.82) is 0 Å². The molecule has 3 heterocycles. The molecule has 10 heteroatoms. The van der Waals surface area contributed by atoms with E-state index in [1.165, 1.54) is 36.2 Å². The zero-order valence-electron chi connectivity index (χ0n) is 19.7. The average molecular weight is 497 g/mol. The number of likely N-dealkylation sites (N-methyl/N-ethyl adjacent to an activating group) is 1. The summed E-state index contributed by atoms with van der Waals surface area (Å²) in [7, 11) is 3.01. The second-order valence-electron chi connectivity index (χ2n) is 9.14. The summed E-state index contributed by atoms with van der Waals surface area (Å²) in [5, 5.41) is 19.2. The van der Waals surface area contributed by atoms with Gasteiger partial charge in [0.25, 0.3) is 5.91 Å². The first-order chi connectivity index (χ1) is 16.9. The van der Waals surface area contributed by atoms with Crippen molar-refractivity contribution in [3.8, 4) is 21.8 Å². The van der Waals surface area contributed by atoms with Gasteiger partial charge < -0.3 is 24.6 Å². The van der Waals surface area contributed by atoms with Crippen LogP contribution in [0.25, 0.3) is 21.8 Å². The van der Waals surface area contributed by atoms with E-state index in [0.29, 0.717) is 35.5 Å². The van der Waals surface area contributed by atoms with Crippen molar-refractivity contribution in [3.63, 3.8) is 0 Å². The number of nitrogens with one attached hydrogen (secondary N) is 1. The van der Waals surface area contributed by atoms with Crippen molar-refractivity contribution in [2.24, 2.45) is 0 Å². The summed E-state index contributed by atoms with van der Waals surface area (Å²) in [6.45, 7) is 1.02. The van der Waals surface area contributed by atoms with Crippen LogP contribution in [0.1, 0.15) is 53.2 Å². The third-order valence-electron chi connectivity index (χ3n) is 6.82. The van der Waals surface area contributed by atoms with Crippen molar-refractivity contribution in [2.75, 3.05) is 20.7 Å². The highest BCUT2D eigenvalue weighted by Gasteiger charge is 2.48. The Balaban J connectivity index is 1.41. The number of hydrogen-bond donors (Lipinski definition) is 2. The summed E-state index contributed by atoms with van der Waals surface area (Å²) in [6.07, 6.45) is 5.02. The van der Waals surface area contributed by atoms with Gasteiger partial charge in [-0.25, -0.2) is 9.78 Å². The molecule has 1 saturated heterocycles. The molecular weight excluding hydrogens is 468 g/mol. The molecular formula is C25H28N4O5S. The molecule has 1 aliphatic carbocycles. The Morgan fingerprint density at radius 3 is 2.80 bits per heavy atom. The molecule has 2 aromatic heterocycles. The average Bonchev–Trinajstić information content (AvgIpc) is 3.68. The first kappa shape index (κ1) is 23.7. The van der Waals surface area contributed by atoms with Crippen LogP contribution in [0, 0.1) is 0 Å². The number of nitrogens with zero attached hydrogens (tertiary/aromatic N) is 3. The minimum atomic E-state index is -1.69. The molecule has 184 valence electrons. The van der Waals surface area contributed by atoms with Crippen molar-refractivity contribution in [2.45, 2.75) is 50.3 Å². The molecule has 1 aromatic carbocycles.